The fourth-order valence-electron chi connectivity index (χ4n) is 1.95. The van der Waals surface area contributed by atoms with Gasteiger partial charge in [-0.15, -0.1) is 11.3 Å². The van der Waals surface area contributed by atoms with E-state index >= 15 is 0 Å². The Labute approximate surface area is 137 Å². The Morgan fingerprint density at radius 3 is 2.52 bits per heavy atom. The molecule has 2 aromatic carbocycles. The number of anilines is 2. The summed E-state index contributed by atoms with van der Waals surface area (Å²) in [7, 11) is 0. The van der Waals surface area contributed by atoms with E-state index in [2.05, 4.69) is 15.6 Å². The van der Waals surface area contributed by atoms with Crippen LogP contribution in [-0.2, 0) is 0 Å². The average Bonchev–Trinajstić information content (AvgIpc) is 2.80. The van der Waals surface area contributed by atoms with Crippen molar-refractivity contribution >= 4 is 61.9 Å². The van der Waals surface area contributed by atoms with Crippen molar-refractivity contribution in [3.05, 3.63) is 52.5 Å². The maximum absolute atomic E-state index is 5.85. The standard InChI is InChI=1S/C15H12ClN3S2/c1-9-17-13-8-12(6-7-14(13)21-9)19-15(20)18-11-4-2-10(16)3-5-11/h2-8H,1H3,(H2,18,19,20). The van der Waals surface area contributed by atoms with E-state index in [9.17, 15) is 0 Å². The lowest BCUT2D eigenvalue weighted by atomic mass is 10.3. The quantitative estimate of drug-likeness (QED) is 0.642. The maximum atomic E-state index is 5.85. The summed E-state index contributed by atoms with van der Waals surface area (Å²) in [6.07, 6.45) is 0. The molecule has 3 rings (SSSR count). The molecule has 0 saturated carbocycles. The van der Waals surface area contributed by atoms with Gasteiger partial charge in [0.2, 0.25) is 0 Å². The molecular weight excluding hydrogens is 322 g/mol. The van der Waals surface area contributed by atoms with Gasteiger partial charge in [0, 0.05) is 16.4 Å². The smallest absolute Gasteiger partial charge is 0.175 e. The zero-order valence-electron chi connectivity index (χ0n) is 11.2. The Bertz CT molecular complexity index is 796. The molecule has 1 aromatic heterocycles. The van der Waals surface area contributed by atoms with Crippen LogP contribution in [0.3, 0.4) is 0 Å². The van der Waals surface area contributed by atoms with Gasteiger partial charge in [-0.3, -0.25) is 0 Å². The maximum Gasteiger partial charge on any atom is 0.175 e. The number of rotatable bonds is 2. The van der Waals surface area contributed by atoms with Crippen molar-refractivity contribution in [2.45, 2.75) is 6.92 Å². The predicted octanol–water partition coefficient (Wildman–Crippen LogP) is 5.07. The van der Waals surface area contributed by atoms with Crippen LogP contribution in [0.25, 0.3) is 10.2 Å². The number of halogens is 1. The van der Waals surface area contributed by atoms with Gasteiger partial charge in [-0.25, -0.2) is 4.98 Å². The Balaban J connectivity index is 1.71. The van der Waals surface area contributed by atoms with Crippen molar-refractivity contribution in [1.29, 1.82) is 0 Å². The van der Waals surface area contributed by atoms with Gasteiger partial charge in [0.25, 0.3) is 0 Å². The molecule has 0 fully saturated rings. The predicted molar refractivity (Wildman–Crippen MR) is 95.7 cm³/mol. The van der Waals surface area contributed by atoms with Gasteiger partial charge in [0.1, 0.15) is 0 Å². The number of thiazole rings is 1. The third-order valence-electron chi connectivity index (χ3n) is 2.85. The SMILES string of the molecule is Cc1nc2cc(NC(=S)Nc3ccc(Cl)cc3)ccc2s1. The molecule has 106 valence electrons. The second-order valence-corrected chi connectivity index (χ2v) is 6.58. The number of nitrogens with one attached hydrogen (secondary N) is 2. The van der Waals surface area contributed by atoms with Crippen LogP contribution in [0.5, 0.6) is 0 Å². The third-order valence-corrected chi connectivity index (χ3v) is 4.26. The summed E-state index contributed by atoms with van der Waals surface area (Å²) < 4.78 is 1.18. The molecule has 2 N–H and O–H groups in total. The molecule has 0 aliphatic rings. The van der Waals surface area contributed by atoms with Crippen LogP contribution in [0, 0.1) is 6.92 Å². The number of hydrogen-bond acceptors (Lipinski definition) is 3. The van der Waals surface area contributed by atoms with E-state index in [1.54, 1.807) is 11.3 Å². The first-order chi connectivity index (χ1) is 10.1. The number of hydrogen-bond donors (Lipinski definition) is 2. The molecule has 0 radical (unpaired) electrons. The van der Waals surface area contributed by atoms with Crippen LogP contribution in [0.4, 0.5) is 11.4 Å². The minimum Gasteiger partial charge on any atom is -0.332 e. The Morgan fingerprint density at radius 2 is 1.76 bits per heavy atom. The average molecular weight is 334 g/mol. The molecule has 0 atom stereocenters. The first-order valence-corrected chi connectivity index (χ1v) is 7.91. The van der Waals surface area contributed by atoms with Gasteiger partial charge in [0.05, 0.1) is 15.2 Å². The summed E-state index contributed by atoms with van der Waals surface area (Å²) in [5.74, 6) is 0. The first-order valence-electron chi connectivity index (χ1n) is 6.31. The molecule has 0 amide bonds. The number of aromatic nitrogens is 1. The lowest BCUT2D eigenvalue weighted by molar-refractivity contribution is 1.35. The molecule has 21 heavy (non-hydrogen) atoms. The molecular formula is C15H12ClN3S2. The van der Waals surface area contributed by atoms with Gasteiger partial charge in [0.15, 0.2) is 5.11 Å². The molecule has 0 spiro atoms. The summed E-state index contributed by atoms with van der Waals surface area (Å²) >= 11 is 12.8. The second kappa shape index (κ2) is 5.97. The summed E-state index contributed by atoms with van der Waals surface area (Å²) in [4.78, 5) is 4.47. The summed E-state index contributed by atoms with van der Waals surface area (Å²) in [6.45, 7) is 2.00. The largest absolute Gasteiger partial charge is 0.332 e. The molecule has 0 unspecified atom stereocenters. The molecule has 0 aliphatic heterocycles. The van der Waals surface area contributed by atoms with Crippen molar-refractivity contribution in [1.82, 2.24) is 4.98 Å². The molecule has 3 aromatic rings. The van der Waals surface area contributed by atoms with E-state index in [1.165, 1.54) is 4.70 Å². The highest BCUT2D eigenvalue weighted by molar-refractivity contribution is 7.80. The fraction of sp³-hybridized carbons (Fsp3) is 0.0667. The van der Waals surface area contributed by atoms with Gasteiger partial charge in [-0.2, -0.15) is 0 Å². The van der Waals surface area contributed by atoms with Crippen molar-refractivity contribution in [2.75, 3.05) is 10.6 Å². The normalized spacial score (nSPS) is 10.6. The minimum atomic E-state index is 0.531. The van der Waals surface area contributed by atoms with Gasteiger partial charge in [-0.1, -0.05) is 11.6 Å². The van der Waals surface area contributed by atoms with Crippen molar-refractivity contribution in [3.63, 3.8) is 0 Å². The molecule has 0 aliphatic carbocycles. The fourth-order valence-corrected chi connectivity index (χ4v) is 3.12. The van der Waals surface area contributed by atoms with Crippen LogP contribution in [0.2, 0.25) is 5.02 Å². The number of aryl methyl sites for hydroxylation is 1. The van der Waals surface area contributed by atoms with Crippen LogP contribution in [0.1, 0.15) is 5.01 Å². The summed E-state index contributed by atoms with van der Waals surface area (Å²) in [5, 5.41) is 8.56. The minimum absolute atomic E-state index is 0.531. The number of thiocarbonyl (C=S) groups is 1. The summed E-state index contributed by atoms with van der Waals surface area (Å²) in [5.41, 5.74) is 2.79. The van der Waals surface area contributed by atoms with E-state index in [0.29, 0.717) is 10.1 Å². The van der Waals surface area contributed by atoms with Crippen LogP contribution in [0.15, 0.2) is 42.5 Å². The number of benzene rings is 2. The molecule has 3 nitrogen and oxygen atoms in total. The van der Waals surface area contributed by atoms with E-state index in [4.69, 9.17) is 23.8 Å². The van der Waals surface area contributed by atoms with Crippen LogP contribution < -0.4 is 10.6 Å². The third kappa shape index (κ3) is 3.50. The number of fused-ring (bicyclic) bond motifs is 1. The monoisotopic (exact) mass is 333 g/mol. The zero-order chi connectivity index (χ0) is 14.8. The number of nitrogens with zero attached hydrogens (tertiary/aromatic N) is 1. The Hall–Kier alpha value is -1.69. The van der Waals surface area contributed by atoms with Crippen molar-refractivity contribution in [2.24, 2.45) is 0 Å². The van der Waals surface area contributed by atoms with Crippen molar-refractivity contribution < 1.29 is 0 Å². The molecule has 0 saturated heterocycles. The lowest BCUT2D eigenvalue weighted by Gasteiger charge is -2.10. The Morgan fingerprint density at radius 1 is 1.10 bits per heavy atom. The topological polar surface area (TPSA) is 37.0 Å². The van der Waals surface area contributed by atoms with E-state index in [1.807, 2.05) is 49.4 Å². The van der Waals surface area contributed by atoms with Gasteiger partial charge < -0.3 is 10.6 Å². The van der Waals surface area contributed by atoms with Crippen LogP contribution in [-0.4, -0.2) is 10.1 Å². The van der Waals surface area contributed by atoms with Gasteiger partial charge >= 0.3 is 0 Å². The zero-order valence-corrected chi connectivity index (χ0v) is 13.6. The van der Waals surface area contributed by atoms with Crippen LogP contribution >= 0.6 is 35.2 Å². The highest BCUT2D eigenvalue weighted by Gasteiger charge is 2.03. The molecule has 0 bridgehead atoms. The summed E-state index contributed by atoms with van der Waals surface area (Å²) in [6, 6.07) is 13.4. The first kappa shape index (κ1) is 14.3. The Kier molecular flexibility index (Phi) is 4.05. The molecule has 6 heteroatoms. The van der Waals surface area contributed by atoms with E-state index in [0.717, 1.165) is 21.9 Å². The second-order valence-electron chi connectivity index (χ2n) is 4.50. The van der Waals surface area contributed by atoms with Gasteiger partial charge in [-0.05, 0) is 61.6 Å². The highest BCUT2D eigenvalue weighted by atomic mass is 35.5. The van der Waals surface area contributed by atoms with E-state index < -0.39 is 0 Å². The van der Waals surface area contributed by atoms with E-state index in [-0.39, 0.29) is 0 Å². The van der Waals surface area contributed by atoms with Crippen molar-refractivity contribution in [3.8, 4) is 0 Å². The molecule has 1 heterocycles. The highest BCUT2D eigenvalue weighted by Crippen LogP contribution is 2.24. The lowest BCUT2D eigenvalue weighted by Crippen LogP contribution is -2.18.